The molecule has 0 unspecified atom stereocenters. The number of aromatic amines is 1. The van der Waals surface area contributed by atoms with Crippen molar-refractivity contribution in [3.05, 3.63) is 84.2 Å². The van der Waals surface area contributed by atoms with Gasteiger partial charge in [0.15, 0.2) is 0 Å². The van der Waals surface area contributed by atoms with Crippen molar-refractivity contribution in [2.24, 2.45) is 0 Å². The first-order valence-electron chi connectivity index (χ1n) is 9.04. The Bertz CT molecular complexity index is 1100. The average molecular weight is 337 g/mol. The number of aryl methyl sites for hydroxylation is 1. The first kappa shape index (κ1) is 15.1. The first-order chi connectivity index (χ1) is 12.9. The molecule has 2 aromatic heterocycles. The van der Waals surface area contributed by atoms with Gasteiger partial charge in [-0.2, -0.15) is 0 Å². The van der Waals surface area contributed by atoms with Gasteiger partial charge in [0.1, 0.15) is 0 Å². The number of nitrogens with one attached hydrogen (secondary N) is 1. The van der Waals surface area contributed by atoms with Crippen molar-refractivity contribution in [3.8, 4) is 11.1 Å². The summed E-state index contributed by atoms with van der Waals surface area (Å²) in [6.07, 6.45) is 13.2. The van der Waals surface area contributed by atoms with Gasteiger partial charge in [-0.3, -0.25) is 4.98 Å². The Balaban J connectivity index is 1.67. The lowest BCUT2D eigenvalue weighted by atomic mass is 9.84. The third kappa shape index (κ3) is 2.62. The zero-order chi connectivity index (χ0) is 17.3. The van der Waals surface area contributed by atoms with E-state index < -0.39 is 0 Å². The summed E-state index contributed by atoms with van der Waals surface area (Å²) in [4.78, 5) is 11.8. The van der Waals surface area contributed by atoms with Gasteiger partial charge in [-0.05, 0) is 59.1 Å². The number of H-pyrrole nitrogens is 1. The van der Waals surface area contributed by atoms with E-state index in [9.17, 15) is 0 Å². The van der Waals surface area contributed by atoms with E-state index in [1.54, 1.807) is 6.33 Å². The number of nitrogens with zero attached hydrogens (tertiary/aromatic N) is 2. The fourth-order valence-electron chi connectivity index (χ4n) is 3.89. The molecule has 0 radical (unpaired) electrons. The van der Waals surface area contributed by atoms with E-state index in [0.717, 1.165) is 18.5 Å². The van der Waals surface area contributed by atoms with Crippen molar-refractivity contribution < 1.29 is 0 Å². The molecule has 4 aromatic rings. The summed E-state index contributed by atoms with van der Waals surface area (Å²) in [6.45, 7) is 0. The molecule has 1 aliphatic carbocycles. The molecule has 0 atom stereocenters. The van der Waals surface area contributed by atoms with Crippen LogP contribution in [0.25, 0.3) is 33.5 Å². The minimum Gasteiger partial charge on any atom is -0.345 e. The van der Waals surface area contributed by atoms with E-state index in [2.05, 4.69) is 63.5 Å². The summed E-state index contributed by atoms with van der Waals surface area (Å²) in [6, 6.07) is 15.3. The quantitative estimate of drug-likeness (QED) is 0.524. The van der Waals surface area contributed by atoms with Crippen LogP contribution in [-0.4, -0.2) is 15.0 Å². The molecule has 1 N–H and O–H groups in total. The molecule has 2 heterocycles. The number of hydrogen-bond acceptors (Lipinski definition) is 2. The lowest BCUT2D eigenvalue weighted by molar-refractivity contribution is 0.824. The highest BCUT2D eigenvalue weighted by molar-refractivity contribution is 5.96. The molecule has 1 aliphatic rings. The Morgan fingerprint density at radius 1 is 0.885 bits per heavy atom. The summed E-state index contributed by atoms with van der Waals surface area (Å²) in [5.74, 6) is 0. The molecule has 0 spiro atoms. The molecule has 126 valence electrons. The number of benzene rings is 2. The van der Waals surface area contributed by atoms with Crippen LogP contribution in [0.3, 0.4) is 0 Å². The summed E-state index contributed by atoms with van der Waals surface area (Å²) >= 11 is 0. The smallest absolute Gasteiger partial charge is 0.0924 e. The molecule has 0 bridgehead atoms. The minimum absolute atomic E-state index is 1.06. The third-order valence-corrected chi connectivity index (χ3v) is 5.18. The molecule has 5 rings (SSSR count). The Labute approximate surface area is 152 Å². The van der Waals surface area contributed by atoms with Gasteiger partial charge in [0, 0.05) is 23.3 Å². The number of fused-ring (bicyclic) bond motifs is 2. The van der Waals surface area contributed by atoms with E-state index >= 15 is 0 Å². The third-order valence-electron chi connectivity index (χ3n) is 5.18. The number of hydrogen-bond donors (Lipinski definition) is 1. The van der Waals surface area contributed by atoms with E-state index in [4.69, 9.17) is 0 Å². The summed E-state index contributed by atoms with van der Waals surface area (Å²) < 4.78 is 0. The standard InChI is InChI=1S/C23H19N3/c1-2-7-21-19(4-1)12-24-14-23(21)18-9-8-16-5-3-6-17(22(16)11-18)10-20-13-25-15-26-20/h1-2,4,7-15H,3,5-6H2,(H,25,26). The Hall–Kier alpha value is -3.20. The molecule has 0 saturated heterocycles. The minimum atomic E-state index is 1.06. The SMILES string of the molecule is C(=C1CCCc2ccc(-c3cncc4ccccc34)cc21)c1cnc[nH]1. The van der Waals surface area contributed by atoms with E-state index in [0.29, 0.717) is 0 Å². The molecular weight excluding hydrogens is 318 g/mol. The van der Waals surface area contributed by atoms with Crippen LogP contribution < -0.4 is 0 Å². The van der Waals surface area contributed by atoms with Gasteiger partial charge in [-0.15, -0.1) is 0 Å². The van der Waals surface area contributed by atoms with Gasteiger partial charge in [-0.25, -0.2) is 4.98 Å². The average Bonchev–Trinajstić information content (AvgIpc) is 3.21. The Morgan fingerprint density at radius 3 is 2.77 bits per heavy atom. The summed E-state index contributed by atoms with van der Waals surface area (Å²) in [5.41, 5.74) is 7.65. The molecule has 26 heavy (non-hydrogen) atoms. The molecule has 3 heteroatoms. The molecular formula is C23H19N3. The van der Waals surface area contributed by atoms with E-state index in [-0.39, 0.29) is 0 Å². The molecule has 0 saturated carbocycles. The highest BCUT2D eigenvalue weighted by atomic mass is 14.8. The molecule has 0 amide bonds. The molecule has 0 aliphatic heterocycles. The van der Waals surface area contributed by atoms with Crippen LogP contribution in [0.1, 0.15) is 29.7 Å². The first-order valence-corrected chi connectivity index (χ1v) is 9.04. The second-order valence-electron chi connectivity index (χ2n) is 6.81. The monoisotopic (exact) mass is 337 g/mol. The maximum absolute atomic E-state index is 4.45. The fourth-order valence-corrected chi connectivity index (χ4v) is 3.89. The van der Waals surface area contributed by atoms with Gasteiger partial charge in [0.05, 0.1) is 18.2 Å². The number of imidazole rings is 1. The Morgan fingerprint density at radius 2 is 1.85 bits per heavy atom. The molecule has 2 aromatic carbocycles. The highest BCUT2D eigenvalue weighted by Gasteiger charge is 2.16. The highest BCUT2D eigenvalue weighted by Crippen LogP contribution is 2.36. The van der Waals surface area contributed by atoms with Crippen LogP contribution in [0.2, 0.25) is 0 Å². The maximum atomic E-state index is 4.45. The second kappa shape index (κ2) is 6.26. The summed E-state index contributed by atoms with van der Waals surface area (Å²) in [5, 5.41) is 2.42. The predicted molar refractivity (Wildman–Crippen MR) is 107 cm³/mol. The van der Waals surface area contributed by atoms with Gasteiger partial charge in [-0.1, -0.05) is 36.4 Å². The van der Waals surface area contributed by atoms with Crippen LogP contribution in [-0.2, 0) is 6.42 Å². The van der Waals surface area contributed by atoms with Crippen LogP contribution in [0.15, 0.2) is 67.4 Å². The van der Waals surface area contributed by atoms with Crippen LogP contribution in [0.4, 0.5) is 0 Å². The number of aromatic nitrogens is 3. The van der Waals surface area contributed by atoms with Gasteiger partial charge in [0.2, 0.25) is 0 Å². The van der Waals surface area contributed by atoms with Crippen molar-refractivity contribution in [2.75, 3.05) is 0 Å². The zero-order valence-electron chi connectivity index (χ0n) is 14.4. The largest absolute Gasteiger partial charge is 0.345 e. The van der Waals surface area contributed by atoms with Crippen LogP contribution >= 0.6 is 0 Å². The van der Waals surface area contributed by atoms with Crippen molar-refractivity contribution in [3.63, 3.8) is 0 Å². The molecule has 3 nitrogen and oxygen atoms in total. The van der Waals surface area contributed by atoms with E-state index in [1.807, 2.05) is 18.6 Å². The van der Waals surface area contributed by atoms with Crippen molar-refractivity contribution in [1.29, 1.82) is 0 Å². The number of rotatable bonds is 2. The number of allylic oxidation sites excluding steroid dienone is 1. The van der Waals surface area contributed by atoms with Crippen molar-refractivity contribution in [1.82, 2.24) is 15.0 Å². The fraction of sp³-hybridized carbons (Fsp3) is 0.130. The number of pyridine rings is 1. The lowest BCUT2D eigenvalue weighted by Gasteiger charge is -2.20. The predicted octanol–water partition coefficient (Wildman–Crippen LogP) is 5.50. The van der Waals surface area contributed by atoms with Crippen LogP contribution in [0, 0.1) is 0 Å². The van der Waals surface area contributed by atoms with Crippen molar-refractivity contribution >= 4 is 22.4 Å². The van der Waals surface area contributed by atoms with Crippen LogP contribution in [0.5, 0.6) is 0 Å². The molecule has 0 fully saturated rings. The van der Waals surface area contributed by atoms with Gasteiger partial charge in [0.25, 0.3) is 0 Å². The maximum Gasteiger partial charge on any atom is 0.0924 e. The topological polar surface area (TPSA) is 41.6 Å². The van der Waals surface area contributed by atoms with Crippen molar-refractivity contribution in [2.45, 2.75) is 19.3 Å². The van der Waals surface area contributed by atoms with Gasteiger partial charge < -0.3 is 4.98 Å². The summed E-state index contributed by atoms with van der Waals surface area (Å²) in [7, 11) is 0. The normalized spacial score (nSPS) is 15.3. The van der Waals surface area contributed by atoms with E-state index in [1.165, 1.54) is 45.0 Å². The van der Waals surface area contributed by atoms with Gasteiger partial charge >= 0.3 is 0 Å². The zero-order valence-corrected chi connectivity index (χ0v) is 14.4. The second-order valence-corrected chi connectivity index (χ2v) is 6.81. The lowest BCUT2D eigenvalue weighted by Crippen LogP contribution is -2.02. The Kier molecular flexibility index (Phi) is 3.64.